The van der Waals surface area contributed by atoms with Gasteiger partial charge in [0.15, 0.2) is 5.65 Å². The molecule has 2 N–H and O–H groups in total. The van der Waals surface area contributed by atoms with Gasteiger partial charge in [-0.2, -0.15) is 0 Å². The van der Waals surface area contributed by atoms with E-state index in [4.69, 9.17) is 4.74 Å². The number of fused-ring (bicyclic) bond motifs is 1. The number of anilines is 1. The van der Waals surface area contributed by atoms with Gasteiger partial charge in [-0.05, 0) is 42.8 Å². The van der Waals surface area contributed by atoms with Gasteiger partial charge in [0, 0.05) is 17.8 Å². The van der Waals surface area contributed by atoms with Crippen LogP contribution in [-0.2, 0) is 0 Å². The Kier molecular flexibility index (Phi) is 4.44. The van der Waals surface area contributed by atoms with E-state index in [1.807, 2.05) is 6.92 Å². The largest absolute Gasteiger partial charge is 0.481 e. The molecule has 4 rings (SSSR count). The summed E-state index contributed by atoms with van der Waals surface area (Å²) in [5.41, 5.74) is 3.38. The maximum Gasteiger partial charge on any atom is 0.258 e. The monoisotopic (exact) mass is 377 g/mol. The number of ether oxygens (including phenoxy) is 1. The first-order valence-electron chi connectivity index (χ1n) is 8.48. The quantitative estimate of drug-likeness (QED) is 0.565. The van der Waals surface area contributed by atoms with E-state index in [0.717, 1.165) is 5.56 Å². The minimum absolute atomic E-state index is 0.322. The number of nitrogens with one attached hydrogen (secondary N) is 2. The Balaban J connectivity index is 1.68. The molecule has 8 heteroatoms. The molecule has 3 aromatic heterocycles. The molecular weight excluding hydrogens is 361 g/mol. The van der Waals surface area contributed by atoms with Gasteiger partial charge in [0.05, 0.1) is 30.1 Å². The van der Waals surface area contributed by atoms with Crippen molar-refractivity contribution in [3.05, 3.63) is 65.7 Å². The summed E-state index contributed by atoms with van der Waals surface area (Å²) in [5.74, 6) is 0.322. The first kappa shape index (κ1) is 17.6. The molecule has 0 aliphatic rings. The minimum atomic E-state index is -0.332. The molecule has 0 atom stereocenters. The summed E-state index contributed by atoms with van der Waals surface area (Å²) >= 11 is 0. The van der Waals surface area contributed by atoms with Gasteiger partial charge in [-0.25, -0.2) is 19.3 Å². The SMILES string of the molecule is COc1cc(C)c(NC(=O)c2ccnc3nc(-c4ccc(F)cc4)[nH]c23)cn1. The summed E-state index contributed by atoms with van der Waals surface area (Å²) in [4.78, 5) is 28.7. The number of methoxy groups -OCH3 is 1. The molecular formula is C20H16FN5O2. The molecule has 0 fully saturated rings. The Morgan fingerprint density at radius 2 is 1.96 bits per heavy atom. The molecule has 0 bridgehead atoms. The summed E-state index contributed by atoms with van der Waals surface area (Å²) in [6.45, 7) is 1.85. The molecule has 3 heterocycles. The van der Waals surface area contributed by atoms with E-state index >= 15 is 0 Å². The third-order valence-corrected chi connectivity index (χ3v) is 4.30. The van der Waals surface area contributed by atoms with Crippen molar-refractivity contribution in [1.82, 2.24) is 19.9 Å². The van der Waals surface area contributed by atoms with Crippen molar-refractivity contribution < 1.29 is 13.9 Å². The van der Waals surface area contributed by atoms with E-state index in [0.29, 0.717) is 39.7 Å². The predicted molar refractivity (Wildman–Crippen MR) is 103 cm³/mol. The van der Waals surface area contributed by atoms with E-state index < -0.39 is 0 Å². The number of aromatic amines is 1. The number of imidazole rings is 1. The number of aromatic nitrogens is 4. The lowest BCUT2D eigenvalue weighted by atomic mass is 10.2. The van der Waals surface area contributed by atoms with Crippen molar-refractivity contribution in [3.63, 3.8) is 0 Å². The maximum atomic E-state index is 13.2. The van der Waals surface area contributed by atoms with Crippen LogP contribution in [0.15, 0.2) is 48.8 Å². The van der Waals surface area contributed by atoms with Crippen molar-refractivity contribution in [2.75, 3.05) is 12.4 Å². The molecule has 28 heavy (non-hydrogen) atoms. The second-order valence-corrected chi connectivity index (χ2v) is 6.15. The molecule has 0 saturated heterocycles. The number of H-pyrrole nitrogens is 1. The van der Waals surface area contributed by atoms with E-state index in [9.17, 15) is 9.18 Å². The highest BCUT2D eigenvalue weighted by molar-refractivity contribution is 6.11. The molecule has 140 valence electrons. The zero-order valence-corrected chi connectivity index (χ0v) is 15.2. The Hall–Kier alpha value is -3.81. The third-order valence-electron chi connectivity index (χ3n) is 4.30. The fraction of sp³-hybridized carbons (Fsp3) is 0.100. The molecule has 0 unspecified atom stereocenters. The summed E-state index contributed by atoms with van der Waals surface area (Å²) < 4.78 is 18.2. The van der Waals surface area contributed by atoms with Crippen LogP contribution in [0.1, 0.15) is 15.9 Å². The summed E-state index contributed by atoms with van der Waals surface area (Å²) in [6.07, 6.45) is 3.06. The number of carbonyl (C=O) groups excluding carboxylic acids is 1. The predicted octanol–water partition coefficient (Wildman–Crippen LogP) is 3.73. The molecule has 7 nitrogen and oxygen atoms in total. The number of halogens is 1. The zero-order chi connectivity index (χ0) is 19.7. The molecule has 0 spiro atoms. The van der Waals surface area contributed by atoms with Crippen molar-refractivity contribution in [3.8, 4) is 17.3 Å². The lowest BCUT2D eigenvalue weighted by Gasteiger charge is -2.09. The highest BCUT2D eigenvalue weighted by atomic mass is 19.1. The third kappa shape index (κ3) is 3.27. The molecule has 4 aromatic rings. The Bertz CT molecular complexity index is 1170. The van der Waals surface area contributed by atoms with Crippen LogP contribution in [0.2, 0.25) is 0 Å². The highest BCUT2D eigenvalue weighted by Gasteiger charge is 2.16. The Morgan fingerprint density at radius 3 is 2.68 bits per heavy atom. The molecule has 1 amide bonds. The number of aryl methyl sites for hydroxylation is 1. The number of benzene rings is 1. The number of hydrogen-bond donors (Lipinski definition) is 2. The van der Waals surface area contributed by atoms with Crippen LogP contribution >= 0.6 is 0 Å². The fourth-order valence-electron chi connectivity index (χ4n) is 2.81. The molecule has 1 aromatic carbocycles. The van der Waals surface area contributed by atoms with Crippen molar-refractivity contribution in [2.45, 2.75) is 6.92 Å². The van der Waals surface area contributed by atoms with Crippen molar-refractivity contribution in [2.24, 2.45) is 0 Å². The summed E-state index contributed by atoms with van der Waals surface area (Å²) in [5, 5.41) is 2.84. The van der Waals surface area contributed by atoms with Crippen LogP contribution in [0.3, 0.4) is 0 Å². The van der Waals surface area contributed by atoms with E-state index in [-0.39, 0.29) is 11.7 Å². The lowest BCUT2D eigenvalue weighted by molar-refractivity contribution is 0.102. The summed E-state index contributed by atoms with van der Waals surface area (Å²) in [7, 11) is 1.53. The van der Waals surface area contributed by atoms with Crippen LogP contribution in [0.4, 0.5) is 10.1 Å². The van der Waals surface area contributed by atoms with Gasteiger partial charge in [-0.1, -0.05) is 0 Å². The number of nitrogens with zero attached hydrogens (tertiary/aromatic N) is 3. The average Bonchev–Trinajstić information content (AvgIpc) is 3.14. The van der Waals surface area contributed by atoms with Gasteiger partial charge in [-0.3, -0.25) is 4.79 Å². The van der Waals surface area contributed by atoms with E-state index in [1.165, 1.54) is 25.4 Å². The molecule has 0 radical (unpaired) electrons. The van der Waals surface area contributed by atoms with Crippen LogP contribution in [0, 0.1) is 12.7 Å². The van der Waals surface area contributed by atoms with Gasteiger partial charge in [0.25, 0.3) is 5.91 Å². The minimum Gasteiger partial charge on any atom is -0.481 e. The smallest absolute Gasteiger partial charge is 0.258 e. The van der Waals surface area contributed by atoms with Gasteiger partial charge in [0.2, 0.25) is 5.88 Å². The fourth-order valence-corrected chi connectivity index (χ4v) is 2.81. The summed E-state index contributed by atoms with van der Waals surface area (Å²) in [6, 6.07) is 9.27. The second kappa shape index (κ2) is 7.07. The lowest BCUT2D eigenvalue weighted by Crippen LogP contribution is -2.14. The number of amides is 1. The normalized spacial score (nSPS) is 10.8. The molecule has 0 aliphatic carbocycles. The van der Waals surface area contributed by atoms with Crippen LogP contribution in [-0.4, -0.2) is 33.0 Å². The van der Waals surface area contributed by atoms with Gasteiger partial charge < -0.3 is 15.0 Å². The van der Waals surface area contributed by atoms with Gasteiger partial charge >= 0.3 is 0 Å². The number of rotatable bonds is 4. The van der Waals surface area contributed by atoms with E-state index in [1.54, 1.807) is 30.5 Å². The first-order chi connectivity index (χ1) is 13.5. The topological polar surface area (TPSA) is 92.8 Å². The first-order valence-corrected chi connectivity index (χ1v) is 8.48. The highest BCUT2D eigenvalue weighted by Crippen LogP contribution is 2.24. The van der Waals surface area contributed by atoms with E-state index in [2.05, 4.69) is 25.3 Å². The van der Waals surface area contributed by atoms with Crippen molar-refractivity contribution in [1.29, 1.82) is 0 Å². The van der Waals surface area contributed by atoms with Gasteiger partial charge in [0.1, 0.15) is 11.6 Å². The second-order valence-electron chi connectivity index (χ2n) is 6.15. The van der Waals surface area contributed by atoms with Gasteiger partial charge in [-0.15, -0.1) is 0 Å². The number of carbonyl (C=O) groups is 1. The van der Waals surface area contributed by atoms with Crippen molar-refractivity contribution >= 4 is 22.8 Å². The maximum absolute atomic E-state index is 13.2. The van der Waals surface area contributed by atoms with Crippen LogP contribution in [0.5, 0.6) is 5.88 Å². The molecule has 0 aliphatic heterocycles. The standard InChI is InChI=1S/C20H16FN5O2/c1-11-9-16(28-2)23-10-15(11)24-20(27)14-7-8-22-19-17(14)25-18(26-19)12-3-5-13(21)6-4-12/h3-10H,1-2H3,(H,24,27)(H,22,25,26). The average molecular weight is 377 g/mol. The van der Waals surface area contributed by atoms with Crippen LogP contribution < -0.4 is 10.1 Å². The number of hydrogen-bond acceptors (Lipinski definition) is 5. The van der Waals surface area contributed by atoms with Crippen LogP contribution in [0.25, 0.3) is 22.6 Å². The Labute approximate surface area is 159 Å². The molecule has 0 saturated carbocycles. The number of pyridine rings is 2. The Morgan fingerprint density at radius 1 is 1.18 bits per heavy atom. The zero-order valence-electron chi connectivity index (χ0n) is 15.2.